The van der Waals surface area contributed by atoms with E-state index in [-0.39, 0.29) is 26.8 Å². The first-order chi connectivity index (χ1) is 18.4. The van der Waals surface area contributed by atoms with E-state index in [0.29, 0.717) is 28.6 Å². The second-order valence-corrected chi connectivity index (χ2v) is 9.78. The highest BCUT2D eigenvalue weighted by atomic mass is 16.7. The van der Waals surface area contributed by atoms with Gasteiger partial charge in [0.25, 0.3) is 0 Å². The van der Waals surface area contributed by atoms with E-state index in [4.69, 9.17) is 33.2 Å². The van der Waals surface area contributed by atoms with Gasteiger partial charge in [-0.05, 0) is 35.4 Å². The highest BCUT2D eigenvalue weighted by Gasteiger charge is 2.47. The molecule has 4 aliphatic rings. The number of aliphatic hydroxyl groups excluding tert-OH is 5. The summed E-state index contributed by atoms with van der Waals surface area (Å²) < 4.78 is 39.4. The van der Waals surface area contributed by atoms with Crippen LogP contribution in [0.15, 0.2) is 36.4 Å². The van der Waals surface area contributed by atoms with Crippen LogP contribution < -0.4 is 18.9 Å². The molecule has 2 saturated heterocycles. The zero-order valence-electron chi connectivity index (χ0n) is 20.3. The first-order valence-electron chi connectivity index (χ1n) is 12.5. The van der Waals surface area contributed by atoms with Gasteiger partial charge in [0.2, 0.25) is 13.6 Å². The molecule has 0 aliphatic carbocycles. The number of hydrogen-bond acceptors (Lipinski definition) is 12. The second-order valence-electron chi connectivity index (χ2n) is 9.78. The second kappa shape index (κ2) is 10.5. The Morgan fingerprint density at radius 1 is 0.842 bits per heavy atom. The van der Waals surface area contributed by atoms with Gasteiger partial charge >= 0.3 is 0 Å². The topological polar surface area (TPSA) is 166 Å². The van der Waals surface area contributed by atoms with Crippen molar-refractivity contribution in [2.45, 2.75) is 42.9 Å². The molecular formula is C26H30O12. The standard InChI is InChI=1S/C26H30O12/c27-7-20-22(29)23(30)24(31)26(38-20)33-9-15-14(21(28)12-1-3-16-18(5-12)36-10-34-16)8-32-25(15)13-2-4-17-19(6-13)37-11-35-17/h1-6,14-15,20-31H,7-11H2/t14-,15-,20-,21+,22-,23+,24-,25-,26-/m1/s1. The molecule has 4 aliphatic heterocycles. The lowest BCUT2D eigenvalue weighted by Gasteiger charge is -2.40. The van der Waals surface area contributed by atoms with E-state index >= 15 is 0 Å². The van der Waals surface area contributed by atoms with E-state index < -0.39 is 61.4 Å². The smallest absolute Gasteiger partial charge is 0.231 e. The van der Waals surface area contributed by atoms with Crippen LogP contribution >= 0.6 is 0 Å². The number of aliphatic hydroxyl groups is 5. The molecule has 0 aromatic heterocycles. The molecule has 4 heterocycles. The zero-order chi connectivity index (χ0) is 26.4. The molecule has 38 heavy (non-hydrogen) atoms. The summed E-state index contributed by atoms with van der Waals surface area (Å²) in [5, 5.41) is 51.6. The molecule has 9 atom stereocenters. The first-order valence-corrected chi connectivity index (χ1v) is 12.5. The number of fused-ring (bicyclic) bond motifs is 2. The van der Waals surface area contributed by atoms with Crippen molar-refractivity contribution < 1.29 is 58.7 Å². The molecule has 206 valence electrons. The summed E-state index contributed by atoms with van der Waals surface area (Å²) in [7, 11) is 0. The van der Waals surface area contributed by atoms with Gasteiger partial charge < -0.3 is 58.7 Å². The molecule has 12 heteroatoms. The molecule has 2 fully saturated rings. The third-order valence-electron chi connectivity index (χ3n) is 7.58. The Morgan fingerprint density at radius 2 is 1.53 bits per heavy atom. The van der Waals surface area contributed by atoms with Crippen molar-refractivity contribution in [2.75, 3.05) is 33.4 Å². The molecule has 0 radical (unpaired) electrons. The Bertz CT molecular complexity index is 1140. The van der Waals surface area contributed by atoms with Crippen molar-refractivity contribution in [3.63, 3.8) is 0 Å². The van der Waals surface area contributed by atoms with E-state index in [1.165, 1.54) is 0 Å². The van der Waals surface area contributed by atoms with Crippen LogP contribution in [0.3, 0.4) is 0 Å². The van der Waals surface area contributed by atoms with Crippen LogP contribution in [0, 0.1) is 11.8 Å². The Kier molecular flexibility index (Phi) is 7.05. The monoisotopic (exact) mass is 534 g/mol. The van der Waals surface area contributed by atoms with E-state index in [0.717, 1.165) is 5.56 Å². The van der Waals surface area contributed by atoms with E-state index in [1.54, 1.807) is 24.3 Å². The van der Waals surface area contributed by atoms with E-state index in [1.807, 2.05) is 12.1 Å². The highest BCUT2D eigenvalue weighted by Crippen LogP contribution is 2.47. The van der Waals surface area contributed by atoms with Crippen molar-refractivity contribution in [1.82, 2.24) is 0 Å². The fraction of sp³-hybridized carbons (Fsp3) is 0.538. The van der Waals surface area contributed by atoms with Gasteiger partial charge in [0.1, 0.15) is 24.4 Å². The summed E-state index contributed by atoms with van der Waals surface area (Å²) in [6, 6.07) is 10.7. The summed E-state index contributed by atoms with van der Waals surface area (Å²) in [6.07, 6.45) is -8.48. The predicted molar refractivity (Wildman–Crippen MR) is 125 cm³/mol. The van der Waals surface area contributed by atoms with Crippen molar-refractivity contribution in [1.29, 1.82) is 0 Å². The quantitative estimate of drug-likeness (QED) is 0.323. The minimum Gasteiger partial charge on any atom is -0.454 e. The zero-order valence-corrected chi connectivity index (χ0v) is 20.3. The summed E-state index contributed by atoms with van der Waals surface area (Å²) in [5.74, 6) is 1.49. The lowest BCUT2D eigenvalue weighted by Crippen LogP contribution is -2.59. The maximum atomic E-state index is 11.4. The Labute approximate surface area is 217 Å². The fourth-order valence-corrected chi connectivity index (χ4v) is 5.41. The molecule has 5 N–H and O–H groups in total. The van der Waals surface area contributed by atoms with Gasteiger partial charge in [-0.15, -0.1) is 0 Å². The largest absolute Gasteiger partial charge is 0.454 e. The van der Waals surface area contributed by atoms with Crippen LogP contribution in [0.1, 0.15) is 23.3 Å². The van der Waals surface area contributed by atoms with Gasteiger partial charge in [0, 0.05) is 11.8 Å². The third-order valence-corrected chi connectivity index (χ3v) is 7.58. The summed E-state index contributed by atoms with van der Waals surface area (Å²) in [6.45, 7) is -0.156. The minimum atomic E-state index is -1.56. The lowest BCUT2D eigenvalue weighted by molar-refractivity contribution is -0.304. The van der Waals surface area contributed by atoms with Crippen LogP contribution in [-0.2, 0) is 14.2 Å². The van der Waals surface area contributed by atoms with Gasteiger partial charge in [0.05, 0.1) is 32.0 Å². The van der Waals surface area contributed by atoms with Gasteiger partial charge in [-0.2, -0.15) is 0 Å². The molecule has 2 aromatic carbocycles. The number of benzene rings is 2. The SMILES string of the molecule is OC[C@H]1O[C@@H](OC[C@@H]2[C@H]([C@@H](O)c3ccc4c(c3)OCO4)CO[C@@H]2c2ccc3c(c2)OCO3)[C@H](O)[C@@H](O)[C@@H]1O. The summed E-state index contributed by atoms with van der Waals surface area (Å²) in [4.78, 5) is 0. The molecular weight excluding hydrogens is 504 g/mol. The maximum Gasteiger partial charge on any atom is 0.231 e. The summed E-state index contributed by atoms with van der Waals surface area (Å²) >= 11 is 0. The van der Waals surface area contributed by atoms with Gasteiger partial charge in [-0.3, -0.25) is 0 Å². The van der Waals surface area contributed by atoms with Gasteiger partial charge in [0.15, 0.2) is 29.3 Å². The van der Waals surface area contributed by atoms with E-state index in [9.17, 15) is 25.5 Å². The van der Waals surface area contributed by atoms with Crippen LogP contribution in [0.5, 0.6) is 23.0 Å². The molecule has 6 rings (SSSR count). The first kappa shape index (κ1) is 25.6. The predicted octanol–water partition coefficient (Wildman–Crippen LogP) is -0.00220. The molecule has 2 aromatic rings. The maximum absolute atomic E-state index is 11.4. The Balaban J connectivity index is 1.25. The van der Waals surface area contributed by atoms with Crippen molar-refractivity contribution >= 4 is 0 Å². The van der Waals surface area contributed by atoms with Gasteiger partial charge in [-0.1, -0.05) is 12.1 Å². The average molecular weight is 535 g/mol. The molecule has 0 bridgehead atoms. The van der Waals surface area contributed by atoms with Crippen molar-refractivity contribution in [2.24, 2.45) is 11.8 Å². The minimum absolute atomic E-state index is 0.0337. The Morgan fingerprint density at radius 3 is 2.26 bits per heavy atom. The van der Waals surface area contributed by atoms with Crippen LogP contribution in [0.4, 0.5) is 0 Å². The molecule has 0 spiro atoms. The van der Waals surface area contributed by atoms with Crippen LogP contribution in [0.2, 0.25) is 0 Å². The molecule has 0 amide bonds. The normalized spacial score (nSPS) is 34.4. The molecule has 0 saturated carbocycles. The van der Waals surface area contributed by atoms with E-state index in [2.05, 4.69) is 0 Å². The highest BCUT2D eigenvalue weighted by molar-refractivity contribution is 5.46. The average Bonchev–Trinajstić information content (AvgIpc) is 3.69. The Hall–Kier alpha value is -2.68. The van der Waals surface area contributed by atoms with Crippen LogP contribution in [0.25, 0.3) is 0 Å². The van der Waals surface area contributed by atoms with Gasteiger partial charge in [-0.25, -0.2) is 0 Å². The number of ether oxygens (including phenoxy) is 7. The summed E-state index contributed by atoms with van der Waals surface area (Å²) in [5.41, 5.74) is 1.41. The molecule has 12 nitrogen and oxygen atoms in total. The molecule has 0 unspecified atom stereocenters. The van der Waals surface area contributed by atoms with Crippen LogP contribution in [-0.4, -0.2) is 89.6 Å². The van der Waals surface area contributed by atoms with Crippen molar-refractivity contribution in [3.05, 3.63) is 47.5 Å². The lowest BCUT2D eigenvalue weighted by atomic mass is 9.82. The number of hydrogen-bond donors (Lipinski definition) is 5. The van der Waals surface area contributed by atoms with Crippen molar-refractivity contribution in [3.8, 4) is 23.0 Å². The third kappa shape index (κ3) is 4.56. The number of rotatable bonds is 7. The fourth-order valence-electron chi connectivity index (χ4n) is 5.41.